The number of hydrogen-bond acceptors (Lipinski definition) is 3. The van der Waals surface area contributed by atoms with E-state index in [1.807, 2.05) is 0 Å². The Morgan fingerprint density at radius 2 is 2.00 bits per heavy atom. The Balaban J connectivity index is 2.43. The van der Waals surface area contributed by atoms with E-state index in [0.29, 0.717) is 12.8 Å². The molecule has 0 saturated carbocycles. The average Bonchev–Trinajstić information content (AvgIpc) is 2.27. The molecule has 0 heterocycles. The van der Waals surface area contributed by atoms with Crippen LogP contribution in [-0.2, 0) is 0 Å². The summed E-state index contributed by atoms with van der Waals surface area (Å²) in [5.41, 5.74) is 5.21. The molecule has 0 amide bonds. The van der Waals surface area contributed by atoms with E-state index >= 15 is 0 Å². The zero-order valence-electron chi connectivity index (χ0n) is 8.49. The molecule has 3 N–H and O–H groups in total. The summed E-state index contributed by atoms with van der Waals surface area (Å²) < 4.78 is 31.0. The lowest BCUT2D eigenvalue weighted by Gasteiger charge is -2.07. The third kappa shape index (κ3) is 3.38. The van der Waals surface area contributed by atoms with Crippen LogP contribution < -0.4 is 10.5 Å². The Morgan fingerprint density at radius 1 is 1.38 bits per heavy atom. The van der Waals surface area contributed by atoms with E-state index in [4.69, 9.17) is 15.7 Å². The van der Waals surface area contributed by atoms with Crippen LogP contribution in [0.3, 0.4) is 0 Å². The largest absolute Gasteiger partial charge is 0.488 e. The van der Waals surface area contributed by atoms with Crippen molar-refractivity contribution >= 4 is 5.84 Å². The van der Waals surface area contributed by atoms with E-state index in [-0.39, 0.29) is 12.4 Å². The topological polar surface area (TPSA) is 67.8 Å². The van der Waals surface area contributed by atoms with Gasteiger partial charge in [0.2, 0.25) is 0 Å². The van der Waals surface area contributed by atoms with Gasteiger partial charge in [-0.3, -0.25) is 0 Å². The van der Waals surface area contributed by atoms with Gasteiger partial charge in [-0.05, 0) is 18.6 Å². The molecule has 1 aromatic carbocycles. The summed E-state index contributed by atoms with van der Waals surface area (Å²) in [7, 11) is 0. The smallest absolute Gasteiger partial charge is 0.190 e. The number of rotatable bonds is 5. The quantitative estimate of drug-likeness (QED) is 0.267. The maximum Gasteiger partial charge on any atom is 0.190 e. The van der Waals surface area contributed by atoms with Crippen LogP contribution in [0.25, 0.3) is 0 Å². The first-order valence-corrected chi connectivity index (χ1v) is 4.68. The normalized spacial score (nSPS) is 11.5. The minimum atomic E-state index is -0.746. The fraction of sp³-hybridized carbons (Fsp3) is 0.300. The van der Waals surface area contributed by atoms with Gasteiger partial charge in [0.15, 0.2) is 17.4 Å². The zero-order valence-corrected chi connectivity index (χ0v) is 8.49. The fourth-order valence-electron chi connectivity index (χ4n) is 1.10. The highest BCUT2D eigenvalue weighted by atomic mass is 19.1. The summed E-state index contributed by atoms with van der Waals surface area (Å²) >= 11 is 0. The second-order valence-electron chi connectivity index (χ2n) is 3.09. The summed E-state index contributed by atoms with van der Waals surface area (Å²) in [6.45, 7) is 0.0913. The number of hydrogen-bond donors (Lipinski definition) is 2. The lowest BCUT2D eigenvalue weighted by Crippen LogP contribution is -2.13. The maximum absolute atomic E-state index is 13.0. The minimum absolute atomic E-state index is 0.0533. The van der Waals surface area contributed by atoms with E-state index in [1.54, 1.807) is 0 Å². The molecule has 0 aromatic heterocycles. The highest BCUT2D eigenvalue weighted by Gasteiger charge is 2.08. The Labute approximate surface area is 91.3 Å². The van der Waals surface area contributed by atoms with Crippen molar-refractivity contribution in [1.82, 2.24) is 0 Å². The van der Waals surface area contributed by atoms with Crippen LogP contribution in [0.5, 0.6) is 5.75 Å². The molecule has 0 saturated heterocycles. The highest BCUT2D eigenvalue weighted by molar-refractivity contribution is 5.79. The number of nitrogens with two attached hydrogens (primary N) is 1. The minimum Gasteiger partial charge on any atom is -0.488 e. The van der Waals surface area contributed by atoms with Gasteiger partial charge in [-0.25, -0.2) is 8.78 Å². The number of nitrogens with zero attached hydrogens (tertiary/aromatic N) is 1. The van der Waals surface area contributed by atoms with Gasteiger partial charge in [-0.1, -0.05) is 11.2 Å². The average molecular weight is 230 g/mol. The van der Waals surface area contributed by atoms with Gasteiger partial charge in [0, 0.05) is 6.42 Å². The molecule has 0 radical (unpaired) electrons. The summed E-state index contributed by atoms with van der Waals surface area (Å²) in [5, 5.41) is 11.0. The second-order valence-corrected chi connectivity index (χ2v) is 3.09. The van der Waals surface area contributed by atoms with Gasteiger partial charge in [0.05, 0.1) is 6.61 Å². The van der Waals surface area contributed by atoms with Crippen molar-refractivity contribution in [2.75, 3.05) is 6.61 Å². The predicted octanol–water partition coefficient (Wildman–Crippen LogP) is 1.87. The van der Waals surface area contributed by atoms with Gasteiger partial charge in [0.1, 0.15) is 5.84 Å². The first kappa shape index (κ1) is 12.2. The van der Waals surface area contributed by atoms with Crippen molar-refractivity contribution in [2.24, 2.45) is 10.9 Å². The van der Waals surface area contributed by atoms with E-state index in [1.165, 1.54) is 6.07 Å². The SMILES string of the molecule is N/C(CCCOc1c(F)cccc1F)=N/O. The molecular formula is C10H12F2N2O2. The van der Waals surface area contributed by atoms with Gasteiger partial charge in [-0.2, -0.15) is 0 Å². The first-order chi connectivity index (χ1) is 7.65. The number of para-hydroxylation sites is 1. The molecule has 0 unspecified atom stereocenters. The molecule has 0 atom stereocenters. The molecule has 0 spiro atoms. The van der Waals surface area contributed by atoms with Crippen LogP contribution in [0.2, 0.25) is 0 Å². The Kier molecular flexibility index (Phi) is 4.50. The van der Waals surface area contributed by atoms with Crippen molar-refractivity contribution in [3.05, 3.63) is 29.8 Å². The predicted molar refractivity (Wildman–Crippen MR) is 54.5 cm³/mol. The van der Waals surface area contributed by atoms with Crippen molar-refractivity contribution in [3.8, 4) is 5.75 Å². The van der Waals surface area contributed by atoms with Crippen LogP contribution in [0.1, 0.15) is 12.8 Å². The van der Waals surface area contributed by atoms with E-state index < -0.39 is 17.4 Å². The van der Waals surface area contributed by atoms with Crippen LogP contribution in [0.15, 0.2) is 23.4 Å². The van der Waals surface area contributed by atoms with Crippen LogP contribution in [0.4, 0.5) is 8.78 Å². The third-order valence-electron chi connectivity index (χ3n) is 1.87. The molecule has 0 aliphatic heterocycles. The molecule has 1 aromatic rings. The molecular weight excluding hydrogens is 218 g/mol. The summed E-state index contributed by atoms with van der Waals surface area (Å²) in [6, 6.07) is 3.48. The number of amidine groups is 1. The first-order valence-electron chi connectivity index (χ1n) is 4.68. The molecule has 0 aliphatic rings. The summed E-state index contributed by atoms with van der Waals surface area (Å²) in [4.78, 5) is 0. The van der Waals surface area contributed by atoms with E-state index in [9.17, 15) is 8.78 Å². The standard InChI is InChI=1S/C10H12F2N2O2/c11-7-3-1-4-8(12)10(7)16-6-2-5-9(13)14-15/h1,3-4,15H,2,5-6H2,(H2,13,14). The number of ether oxygens (including phenoxy) is 1. The van der Waals surface area contributed by atoms with Crippen molar-refractivity contribution in [1.29, 1.82) is 0 Å². The van der Waals surface area contributed by atoms with Crippen molar-refractivity contribution in [2.45, 2.75) is 12.8 Å². The lowest BCUT2D eigenvalue weighted by molar-refractivity contribution is 0.280. The van der Waals surface area contributed by atoms with Gasteiger partial charge < -0.3 is 15.7 Å². The maximum atomic E-state index is 13.0. The number of halogens is 2. The highest BCUT2D eigenvalue weighted by Crippen LogP contribution is 2.20. The summed E-state index contributed by atoms with van der Waals surface area (Å²) in [5.74, 6) is -1.84. The van der Waals surface area contributed by atoms with Gasteiger partial charge in [-0.15, -0.1) is 0 Å². The molecule has 0 aliphatic carbocycles. The third-order valence-corrected chi connectivity index (χ3v) is 1.87. The zero-order chi connectivity index (χ0) is 12.0. The Hall–Kier alpha value is -1.85. The molecule has 16 heavy (non-hydrogen) atoms. The van der Waals surface area contributed by atoms with Crippen LogP contribution in [-0.4, -0.2) is 17.6 Å². The molecule has 0 bridgehead atoms. The summed E-state index contributed by atoms with van der Waals surface area (Å²) in [6.07, 6.45) is 0.705. The van der Waals surface area contributed by atoms with Gasteiger partial charge in [0.25, 0.3) is 0 Å². The molecule has 1 rings (SSSR count). The van der Waals surface area contributed by atoms with Crippen molar-refractivity contribution in [3.63, 3.8) is 0 Å². The van der Waals surface area contributed by atoms with Crippen molar-refractivity contribution < 1.29 is 18.7 Å². The monoisotopic (exact) mass is 230 g/mol. The van der Waals surface area contributed by atoms with Crippen LogP contribution >= 0.6 is 0 Å². The Bertz CT molecular complexity index is 363. The number of benzene rings is 1. The van der Waals surface area contributed by atoms with E-state index in [0.717, 1.165) is 12.1 Å². The lowest BCUT2D eigenvalue weighted by atomic mass is 10.3. The second kappa shape index (κ2) is 5.89. The van der Waals surface area contributed by atoms with E-state index in [2.05, 4.69) is 5.16 Å². The molecule has 4 nitrogen and oxygen atoms in total. The number of oxime groups is 1. The Morgan fingerprint density at radius 3 is 2.56 bits per heavy atom. The fourth-order valence-corrected chi connectivity index (χ4v) is 1.10. The molecule has 6 heteroatoms. The van der Waals surface area contributed by atoms with Gasteiger partial charge >= 0.3 is 0 Å². The molecule has 88 valence electrons. The molecule has 0 fully saturated rings. The van der Waals surface area contributed by atoms with Crippen LogP contribution in [0, 0.1) is 11.6 Å².